The summed E-state index contributed by atoms with van der Waals surface area (Å²) in [5, 5.41) is 3.19. The van der Waals surface area contributed by atoms with Gasteiger partial charge in [-0.1, -0.05) is 23.4 Å². The molecule has 1 aromatic heterocycles. The average Bonchev–Trinajstić information content (AvgIpc) is 2.71. The molecule has 1 N–H and O–H groups in total. The van der Waals surface area contributed by atoms with Gasteiger partial charge in [0.1, 0.15) is 6.26 Å². The summed E-state index contributed by atoms with van der Waals surface area (Å²) in [7, 11) is -3.66. The molecule has 15 heavy (non-hydrogen) atoms. The minimum absolute atomic E-state index is 0.153. The van der Waals surface area contributed by atoms with E-state index in [1.54, 1.807) is 24.3 Å². The highest BCUT2D eigenvalue weighted by Crippen LogP contribution is 2.12. The van der Waals surface area contributed by atoms with Gasteiger partial charge in [0, 0.05) is 12.1 Å². The monoisotopic (exact) mass is 223 g/mol. The van der Waals surface area contributed by atoms with Crippen LogP contribution in [-0.2, 0) is 10.0 Å². The van der Waals surface area contributed by atoms with Gasteiger partial charge < -0.3 is 4.52 Å². The Kier molecular flexibility index (Phi) is 2.42. The first-order valence-corrected chi connectivity index (χ1v) is 5.57. The number of benzene rings is 1. The van der Waals surface area contributed by atoms with Gasteiger partial charge >= 0.3 is 0 Å². The molecule has 0 aliphatic heterocycles. The molecule has 1 heterocycles. The lowest BCUT2D eigenvalue weighted by Crippen LogP contribution is -2.13. The molecule has 0 spiro atoms. The van der Waals surface area contributed by atoms with E-state index < -0.39 is 10.0 Å². The van der Waals surface area contributed by atoms with E-state index in [0.717, 1.165) is 0 Å². The van der Waals surface area contributed by atoms with Crippen LogP contribution in [0.5, 0.6) is 0 Å². The third kappa shape index (κ3) is 2.16. The maximum atomic E-state index is 11.6. The molecule has 2 rings (SSSR count). The summed E-state index contributed by atoms with van der Waals surface area (Å²) >= 11 is 0. The maximum Gasteiger partial charge on any atom is 0.282 e. The van der Waals surface area contributed by atoms with E-state index >= 15 is 0 Å². The van der Waals surface area contributed by atoms with Crippen LogP contribution in [0.4, 0.5) is 5.69 Å². The van der Waals surface area contributed by atoms with Gasteiger partial charge in [-0.3, -0.25) is 4.72 Å². The van der Waals surface area contributed by atoms with Crippen molar-refractivity contribution in [3.05, 3.63) is 42.7 Å². The standard InChI is InChI=1S/C9H7N2O3S/c12-15(13,9-6-7-14-10-9)11-8-4-2-1-3-5-8/h1-4,6-7,11H. The second-order valence-corrected chi connectivity index (χ2v) is 4.35. The lowest BCUT2D eigenvalue weighted by Gasteiger charge is -2.03. The normalized spacial score (nSPS) is 11.2. The molecule has 0 saturated heterocycles. The molecule has 0 saturated carbocycles. The summed E-state index contributed by atoms with van der Waals surface area (Å²) in [4.78, 5) is 0. The molecule has 1 radical (unpaired) electrons. The Morgan fingerprint density at radius 1 is 1.33 bits per heavy atom. The Balaban J connectivity index is 2.27. The van der Waals surface area contributed by atoms with Crippen molar-refractivity contribution in [1.29, 1.82) is 0 Å². The fourth-order valence-corrected chi connectivity index (χ4v) is 1.89. The summed E-state index contributed by atoms with van der Waals surface area (Å²) in [6.45, 7) is 0. The van der Waals surface area contributed by atoms with Gasteiger partial charge in [-0.15, -0.1) is 0 Å². The van der Waals surface area contributed by atoms with E-state index in [2.05, 4.69) is 20.5 Å². The third-order valence-electron chi connectivity index (χ3n) is 1.64. The second kappa shape index (κ2) is 3.74. The summed E-state index contributed by atoms with van der Waals surface area (Å²) in [5.74, 6) is 0. The maximum absolute atomic E-state index is 11.6. The zero-order chi connectivity index (χ0) is 10.7. The number of aromatic nitrogens is 1. The number of para-hydroxylation sites is 1. The Bertz CT molecular complexity index is 520. The van der Waals surface area contributed by atoms with Gasteiger partial charge in [-0.2, -0.15) is 8.42 Å². The molecule has 1 aromatic carbocycles. The van der Waals surface area contributed by atoms with Crippen LogP contribution in [0.1, 0.15) is 0 Å². The molecular formula is C9H7N2O3S. The number of hydrogen-bond acceptors (Lipinski definition) is 4. The summed E-state index contributed by atoms with van der Waals surface area (Å²) in [6.07, 6.45) is 1.20. The van der Waals surface area contributed by atoms with Crippen LogP contribution in [-0.4, -0.2) is 13.6 Å². The second-order valence-electron chi connectivity index (χ2n) is 2.72. The van der Waals surface area contributed by atoms with E-state index in [1.807, 2.05) is 0 Å². The fourth-order valence-electron chi connectivity index (χ4n) is 0.994. The summed E-state index contributed by atoms with van der Waals surface area (Å²) in [6, 6.07) is 10.7. The number of rotatable bonds is 3. The topological polar surface area (TPSA) is 72.2 Å². The molecule has 0 aliphatic carbocycles. The number of nitrogens with zero attached hydrogens (tertiary/aromatic N) is 1. The van der Waals surface area contributed by atoms with Crippen molar-refractivity contribution in [1.82, 2.24) is 5.16 Å². The predicted octanol–water partition coefficient (Wildman–Crippen LogP) is 1.28. The summed E-state index contributed by atoms with van der Waals surface area (Å²) < 4.78 is 30.0. The van der Waals surface area contributed by atoms with Crippen LogP contribution < -0.4 is 4.72 Å². The largest absolute Gasteiger partial charge is 0.363 e. The molecule has 0 bridgehead atoms. The van der Waals surface area contributed by atoms with Crippen LogP contribution in [0.25, 0.3) is 0 Å². The Morgan fingerprint density at radius 2 is 2.20 bits per heavy atom. The van der Waals surface area contributed by atoms with Crippen LogP contribution in [0.2, 0.25) is 0 Å². The lowest BCUT2D eigenvalue weighted by atomic mass is 10.3. The summed E-state index contributed by atoms with van der Waals surface area (Å²) in [5.41, 5.74) is 0.362. The van der Waals surface area contributed by atoms with Crippen molar-refractivity contribution in [2.45, 2.75) is 5.03 Å². The lowest BCUT2D eigenvalue weighted by molar-refractivity contribution is 0.401. The van der Waals surface area contributed by atoms with Crippen molar-refractivity contribution in [3.63, 3.8) is 0 Å². The molecule has 0 unspecified atom stereocenters. The minimum Gasteiger partial charge on any atom is -0.363 e. The molecular weight excluding hydrogens is 216 g/mol. The smallest absolute Gasteiger partial charge is 0.282 e. The molecule has 5 nitrogen and oxygen atoms in total. The van der Waals surface area contributed by atoms with E-state index in [9.17, 15) is 8.42 Å². The van der Waals surface area contributed by atoms with Crippen molar-refractivity contribution >= 4 is 15.7 Å². The molecule has 0 atom stereocenters. The van der Waals surface area contributed by atoms with Gasteiger partial charge in [0.2, 0.25) is 5.03 Å². The molecule has 2 aromatic rings. The zero-order valence-electron chi connectivity index (χ0n) is 7.54. The third-order valence-corrected chi connectivity index (χ3v) is 2.89. The van der Waals surface area contributed by atoms with E-state index in [1.165, 1.54) is 12.3 Å². The van der Waals surface area contributed by atoms with Crippen LogP contribution in [0, 0.1) is 6.07 Å². The van der Waals surface area contributed by atoms with Crippen LogP contribution in [0.3, 0.4) is 0 Å². The fraction of sp³-hybridized carbons (Fsp3) is 0. The van der Waals surface area contributed by atoms with E-state index in [0.29, 0.717) is 5.69 Å². The number of anilines is 1. The zero-order valence-corrected chi connectivity index (χ0v) is 8.36. The van der Waals surface area contributed by atoms with Crippen molar-refractivity contribution in [2.75, 3.05) is 4.72 Å². The van der Waals surface area contributed by atoms with Gasteiger partial charge in [0.25, 0.3) is 10.0 Å². The SMILES string of the molecule is O=S(=O)(Nc1[c]cccc1)c1ccon1. The van der Waals surface area contributed by atoms with Crippen molar-refractivity contribution in [3.8, 4) is 0 Å². The molecule has 0 amide bonds. The highest BCUT2D eigenvalue weighted by atomic mass is 32.2. The molecule has 0 aliphatic rings. The van der Waals surface area contributed by atoms with Gasteiger partial charge in [-0.05, 0) is 6.07 Å². The van der Waals surface area contributed by atoms with E-state index in [4.69, 9.17) is 0 Å². The molecule has 6 heteroatoms. The average molecular weight is 223 g/mol. The number of sulfonamides is 1. The van der Waals surface area contributed by atoms with Gasteiger partial charge in [-0.25, -0.2) is 0 Å². The van der Waals surface area contributed by atoms with Gasteiger partial charge in [0.05, 0.1) is 5.69 Å². The Labute approximate surface area is 86.8 Å². The highest BCUT2D eigenvalue weighted by molar-refractivity contribution is 7.92. The first-order valence-electron chi connectivity index (χ1n) is 4.08. The highest BCUT2D eigenvalue weighted by Gasteiger charge is 2.16. The minimum atomic E-state index is -3.66. The first kappa shape index (κ1) is 9.72. The van der Waals surface area contributed by atoms with Crippen molar-refractivity contribution < 1.29 is 12.9 Å². The first-order chi connectivity index (χ1) is 7.18. The Hall–Kier alpha value is -1.82. The predicted molar refractivity (Wildman–Crippen MR) is 52.6 cm³/mol. The van der Waals surface area contributed by atoms with Gasteiger partial charge in [0.15, 0.2) is 0 Å². The van der Waals surface area contributed by atoms with Crippen LogP contribution >= 0.6 is 0 Å². The molecule has 77 valence electrons. The number of nitrogens with one attached hydrogen (secondary N) is 1. The quantitative estimate of drug-likeness (QED) is 0.850. The Morgan fingerprint density at radius 3 is 2.80 bits per heavy atom. The van der Waals surface area contributed by atoms with E-state index in [-0.39, 0.29) is 5.03 Å². The molecule has 0 fully saturated rings. The van der Waals surface area contributed by atoms with Crippen molar-refractivity contribution in [2.24, 2.45) is 0 Å². The number of hydrogen-bond donors (Lipinski definition) is 1. The van der Waals surface area contributed by atoms with Crippen LogP contribution in [0.15, 0.2) is 46.1 Å².